The summed E-state index contributed by atoms with van der Waals surface area (Å²) in [6.45, 7) is 5.65. The molecule has 2 N–H and O–H groups in total. The van der Waals surface area contributed by atoms with Crippen LogP contribution in [0.5, 0.6) is 5.75 Å². The van der Waals surface area contributed by atoms with E-state index < -0.39 is 5.60 Å². The Hall–Kier alpha value is -1.76. The van der Waals surface area contributed by atoms with Gasteiger partial charge in [-0.25, -0.2) is 4.79 Å². The van der Waals surface area contributed by atoms with E-state index in [4.69, 9.17) is 9.47 Å². The Kier molecular flexibility index (Phi) is 7.32. The Morgan fingerprint density at radius 2 is 1.96 bits per heavy atom. The fraction of sp³-hybridized carbons (Fsp3) is 0.579. The quantitative estimate of drug-likeness (QED) is 0.694. The number of H-pyrrole nitrogens is 1. The number of benzene rings is 1. The number of ether oxygens (including phenoxy) is 2. The van der Waals surface area contributed by atoms with Crippen molar-refractivity contribution in [3.8, 4) is 5.75 Å². The van der Waals surface area contributed by atoms with Crippen LogP contribution in [-0.4, -0.2) is 35.0 Å². The Labute approximate surface area is 163 Å². The average molecular weight is 426 g/mol. The second kappa shape index (κ2) is 9.26. The molecule has 0 spiro atoms. The van der Waals surface area contributed by atoms with Gasteiger partial charge in [-0.1, -0.05) is 19.3 Å². The van der Waals surface area contributed by atoms with E-state index in [-0.39, 0.29) is 6.09 Å². The SMILES string of the molecule is CC(C)(C)OC(=O)NC1CCCCC1.COc1cc2[nH]ncc2cc1Br. The third kappa shape index (κ3) is 6.52. The number of rotatable bonds is 2. The molecule has 0 bridgehead atoms. The molecule has 0 unspecified atom stereocenters. The number of aromatic amines is 1. The fourth-order valence-corrected chi connectivity index (χ4v) is 3.34. The molecule has 1 aromatic heterocycles. The molecule has 2 aromatic rings. The number of carbonyl (C=O) groups excluding carboxylic acids is 1. The van der Waals surface area contributed by atoms with Crippen molar-refractivity contribution >= 4 is 32.9 Å². The number of nitrogens with zero attached hydrogens (tertiary/aromatic N) is 1. The third-order valence-electron chi connectivity index (χ3n) is 4.04. The Balaban J connectivity index is 0.000000189. The molecule has 1 aromatic carbocycles. The van der Waals surface area contributed by atoms with E-state index in [0.717, 1.165) is 34.0 Å². The normalized spacial score (nSPS) is 15.1. The maximum absolute atomic E-state index is 11.4. The molecule has 1 fully saturated rings. The number of halogens is 1. The first-order chi connectivity index (χ1) is 12.3. The maximum atomic E-state index is 11.4. The topological polar surface area (TPSA) is 76.2 Å². The van der Waals surface area contributed by atoms with Crippen molar-refractivity contribution in [2.24, 2.45) is 0 Å². The lowest BCUT2D eigenvalue weighted by Crippen LogP contribution is -2.39. The molecule has 1 heterocycles. The van der Waals surface area contributed by atoms with Gasteiger partial charge in [0, 0.05) is 17.5 Å². The molecule has 144 valence electrons. The summed E-state index contributed by atoms with van der Waals surface area (Å²) >= 11 is 3.40. The van der Waals surface area contributed by atoms with E-state index in [1.54, 1.807) is 13.3 Å². The lowest BCUT2D eigenvalue weighted by Gasteiger charge is -2.25. The highest BCUT2D eigenvalue weighted by atomic mass is 79.9. The second-order valence-electron chi connectivity index (χ2n) is 7.43. The minimum Gasteiger partial charge on any atom is -0.495 e. The largest absolute Gasteiger partial charge is 0.495 e. The molecule has 1 aliphatic rings. The monoisotopic (exact) mass is 425 g/mol. The number of alkyl carbamates (subject to hydrolysis) is 1. The van der Waals surface area contributed by atoms with Gasteiger partial charge >= 0.3 is 6.09 Å². The first-order valence-electron chi connectivity index (χ1n) is 8.94. The standard InChI is InChI=1S/C11H21NO2.C8H7BrN2O/c1-11(2,3)14-10(13)12-9-7-5-4-6-8-9;1-12-8-3-7-5(2-6(8)9)4-10-11-7/h9H,4-8H2,1-3H3,(H,12,13);2-4H,1H3,(H,10,11). The molecule has 7 heteroatoms. The van der Waals surface area contributed by atoms with E-state index in [0.29, 0.717) is 6.04 Å². The summed E-state index contributed by atoms with van der Waals surface area (Å²) in [6.07, 6.45) is 7.44. The fourth-order valence-electron chi connectivity index (χ4n) is 2.82. The smallest absolute Gasteiger partial charge is 0.407 e. The predicted molar refractivity (Wildman–Crippen MR) is 107 cm³/mol. The molecule has 26 heavy (non-hydrogen) atoms. The molecular weight excluding hydrogens is 398 g/mol. The Morgan fingerprint density at radius 3 is 2.58 bits per heavy atom. The summed E-state index contributed by atoms with van der Waals surface area (Å²) in [7, 11) is 1.64. The first kappa shape index (κ1) is 20.6. The first-order valence-corrected chi connectivity index (χ1v) is 9.74. The number of amides is 1. The molecule has 0 aliphatic heterocycles. The van der Waals surface area contributed by atoms with Crippen molar-refractivity contribution in [1.29, 1.82) is 0 Å². The van der Waals surface area contributed by atoms with Gasteiger partial charge < -0.3 is 14.8 Å². The van der Waals surface area contributed by atoms with Gasteiger partial charge in [-0.2, -0.15) is 5.10 Å². The maximum Gasteiger partial charge on any atom is 0.407 e. The zero-order chi connectivity index (χ0) is 19.2. The Morgan fingerprint density at radius 1 is 1.27 bits per heavy atom. The van der Waals surface area contributed by atoms with Gasteiger partial charge in [0.25, 0.3) is 0 Å². The van der Waals surface area contributed by atoms with Gasteiger partial charge in [0.2, 0.25) is 0 Å². The zero-order valence-electron chi connectivity index (χ0n) is 15.9. The van der Waals surface area contributed by atoms with Gasteiger partial charge in [0.1, 0.15) is 11.4 Å². The number of carbonyl (C=O) groups is 1. The number of hydrogen-bond acceptors (Lipinski definition) is 4. The molecule has 0 radical (unpaired) electrons. The highest BCUT2D eigenvalue weighted by molar-refractivity contribution is 9.10. The molecule has 6 nitrogen and oxygen atoms in total. The van der Waals surface area contributed by atoms with Crippen molar-refractivity contribution in [3.63, 3.8) is 0 Å². The van der Waals surface area contributed by atoms with E-state index >= 15 is 0 Å². The van der Waals surface area contributed by atoms with Gasteiger partial charge in [0.05, 0.1) is 23.3 Å². The molecular formula is C19H28BrN3O3. The number of aromatic nitrogens is 2. The highest BCUT2D eigenvalue weighted by Gasteiger charge is 2.20. The molecule has 3 rings (SSSR count). The lowest BCUT2D eigenvalue weighted by atomic mass is 9.96. The van der Waals surface area contributed by atoms with Gasteiger partial charge in [0.15, 0.2) is 0 Å². The van der Waals surface area contributed by atoms with Crippen molar-refractivity contribution in [3.05, 3.63) is 22.8 Å². The zero-order valence-corrected chi connectivity index (χ0v) is 17.5. The molecule has 1 amide bonds. The van der Waals surface area contributed by atoms with Crippen LogP contribution in [0.1, 0.15) is 52.9 Å². The van der Waals surface area contributed by atoms with Crippen LogP contribution in [0.15, 0.2) is 22.8 Å². The number of methoxy groups -OCH3 is 1. The van der Waals surface area contributed by atoms with Crippen LogP contribution in [0.2, 0.25) is 0 Å². The number of nitrogens with one attached hydrogen (secondary N) is 2. The third-order valence-corrected chi connectivity index (χ3v) is 4.66. The minimum atomic E-state index is -0.390. The van der Waals surface area contributed by atoms with Crippen molar-refractivity contribution in [1.82, 2.24) is 15.5 Å². The molecule has 0 saturated heterocycles. The Bertz CT molecular complexity index is 718. The van der Waals surface area contributed by atoms with Crippen LogP contribution in [0.3, 0.4) is 0 Å². The van der Waals surface area contributed by atoms with E-state index in [1.807, 2.05) is 32.9 Å². The average Bonchev–Trinajstić information content (AvgIpc) is 3.00. The summed E-state index contributed by atoms with van der Waals surface area (Å²) in [5, 5.41) is 10.8. The van der Waals surface area contributed by atoms with Gasteiger partial charge in [-0.3, -0.25) is 5.10 Å². The summed E-state index contributed by atoms with van der Waals surface area (Å²) in [5.74, 6) is 0.812. The van der Waals surface area contributed by atoms with Gasteiger partial charge in [-0.15, -0.1) is 0 Å². The number of fused-ring (bicyclic) bond motifs is 1. The lowest BCUT2D eigenvalue weighted by molar-refractivity contribution is 0.0493. The van der Waals surface area contributed by atoms with Crippen LogP contribution in [0.25, 0.3) is 10.9 Å². The second-order valence-corrected chi connectivity index (χ2v) is 8.28. The minimum absolute atomic E-state index is 0.274. The van der Waals surface area contributed by atoms with Crippen LogP contribution >= 0.6 is 15.9 Å². The van der Waals surface area contributed by atoms with Crippen LogP contribution in [-0.2, 0) is 4.74 Å². The predicted octanol–water partition coefficient (Wildman–Crippen LogP) is 5.18. The van der Waals surface area contributed by atoms with E-state index in [1.165, 1.54) is 19.3 Å². The van der Waals surface area contributed by atoms with Crippen molar-refractivity contribution < 1.29 is 14.3 Å². The molecule has 0 atom stereocenters. The van der Waals surface area contributed by atoms with Crippen LogP contribution in [0, 0.1) is 0 Å². The summed E-state index contributed by atoms with van der Waals surface area (Å²) < 4.78 is 11.3. The summed E-state index contributed by atoms with van der Waals surface area (Å²) in [6, 6.07) is 4.21. The molecule has 1 saturated carbocycles. The highest BCUT2D eigenvalue weighted by Crippen LogP contribution is 2.28. The summed E-state index contributed by atoms with van der Waals surface area (Å²) in [4.78, 5) is 11.4. The summed E-state index contributed by atoms with van der Waals surface area (Å²) in [5.41, 5.74) is 0.591. The number of hydrogen-bond donors (Lipinski definition) is 2. The van der Waals surface area contributed by atoms with Gasteiger partial charge in [-0.05, 0) is 55.6 Å². The van der Waals surface area contributed by atoms with Crippen molar-refractivity contribution in [2.75, 3.05) is 7.11 Å². The van der Waals surface area contributed by atoms with Crippen LogP contribution < -0.4 is 10.1 Å². The van der Waals surface area contributed by atoms with Crippen molar-refractivity contribution in [2.45, 2.75) is 64.5 Å². The van der Waals surface area contributed by atoms with E-state index in [9.17, 15) is 4.79 Å². The van der Waals surface area contributed by atoms with E-state index in [2.05, 4.69) is 31.4 Å². The molecule has 1 aliphatic carbocycles. The van der Waals surface area contributed by atoms with Crippen LogP contribution in [0.4, 0.5) is 4.79 Å².